The molecule has 3 rings (SSSR count). The van der Waals surface area contributed by atoms with Crippen LogP contribution in [0, 0.1) is 0 Å². The van der Waals surface area contributed by atoms with Crippen molar-refractivity contribution >= 4 is 34.3 Å². The van der Waals surface area contributed by atoms with Crippen molar-refractivity contribution in [2.75, 3.05) is 5.73 Å². The molecule has 0 bridgehead atoms. The van der Waals surface area contributed by atoms with E-state index < -0.39 is 0 Å². The molecular formula is C11H9ClN4S. The maximum Gasteiger partial charge on any atom is 0.157 e. The van der Waals surface area contributed by atoms with Crippen molar-refractivity contribution in [3.63, 3.8) is 0 Å². The summed E-state index contributed by atoms with van der Waals surface area (Å²) in [6.45, 7) is 0. The molecule has 17 heavy (non-hydrogen) atoms. The van der Waals surface area contributed by atoms with Crippen LogP contribution in [0.5, 0.6) is 0 Å². The second-order valence-corrected chi connectivity index (χ2v) is 5.10. The van der Waals surface area contributed by atoms with Crippen molar-refractivity contribution in [2.45, 2.75) is 6.42 Å². The molecule has 3 heterocycles. The van der Waals surface area contributed by atoms with Gasteiger partial charge in [0, 0.05) is 17.4 Å². The van der Waals surface area contributed by atoms with Gasteiger partial charge in [0.25, 0.3) is 0 Å². The van der Waals surface area contributed by atoms with Gasteiger partial charge >= 0.3 is 0 Å². The summed E-state index contributed by atoms with van der Waals surface area (Å²) in [6.07, 6.45) is 2.42. The summed E-state index contributed by atoms with van der Waals surface area (Å²) >= 11 is 7.63. The van der Waals surface area contributed by atoms with E-state index >= 15 is 0 Å². The molecule has 0 atom stereocenters. The third kappa shape index (κ3) is 1.99. The van der Waals surface area contributed by atoms with Crippen LogP contribution < -0.4 is 5.73 Å². The fraction of sp³-hybridized carbons (Fsp3) is 0.0909. The van der Waals surface area contributed by atoms with E-state index in [0.717, 1.165) is 17.9 Å². The monoisotopic (exact) mass is 264 g/mol. The second-order valence-electron chi connectivity index (χ2n) is 3.66. The van der Waals surface area contributed by atoms with Gasteiger partial charge in [-0.3, -0.25) is 0 Å². The molecule has 3 aromatic heterocycles. The highest BCUT2D eigenvalue weighted by Crippen LogP contribution is 2.20. The number of aromatic nitrogens is 3. The SMILES string of the molecule is Nc1cn2nc(Cc3cccs3)nc2cc1Cl. The van der Waals surface area contributed by atoms with Gasteiger partial charge in [-0.2, -0.15) is 5.10 Å². The minimum atomic E-state index is 0.506. The third-order valence-corrected chi connectivity index (χ3v) is 3.61. The van der Waals surface area contributed by atoms with Gasteiger partial charge in [0.15, 0.2) is 11.5 Å². The maximum absolute atomic E-state index is 5.94. The molecule has 0 spiro atoms. The number of hydrogen-bond acceptors (Lipinski definition) is 4. The van der Waals surface area contributed by atoms with E-state index in [4.69, 9.17) is 17.3 Å². The van der Waals surface area contributed by atoms with Gasteiger partial charge in [-0.25, -0.2) is 9.50 Å². The van der Waals surface area contributed by atoms with Crippen LogP contribution in [0.1, 0.15) is 10.7 Å². The molecular weight excluding hydrogens is 256 g/mol. The van der Waals surface area contributed by atoms with Gasteiger partial charge in [0.1, 0.15) is 0 Å². The molecule has 4 nitrogen and oxygen atoms in total. The molecule has 0 unspecified atom stereocenters. The predicted octanol–water partition coefficient (Wildman–Crippen LogP) is 2.62. The van der Waals surface area contributed by atoms with E-state index in [1.165, 1.54) is 4.88 Å². The number of pyridine rings is 1. The Morgan fingerprint density at radius 1 is 1.47 bits per heavy atom. The molecule has 0 saturated heterocycles. The molecule has 0 fully saturated rings. The average Bonchev–Trinajstić information content (AvgIpc) is 2.89. The second kappa shape index (κ2) is 4.01. The zero-order valence-corrected chi connectivity index (χ0v) is 10.4. The predicted molar refractivity (Wildman–Crippen MR) is 69.5 cm³/mol. The number of thiophene rings is 1. The van der Waals surface area contributed by atoms with Crippen LogP contribution in [0.3, 0.4) is 0 Å². The van der Waals surface area contributed by atoms with E-state index in [0.29, 0.717) is 10.7 Å². The molecule has 0 radical (unpaired) electrons. The van der Waals surface area contributed by atoms with Gasteiger partial charge < -0.3 is 5.73 Å². The Morgan fingerprint density at radius 3 is 3.12 bits per heavy atom. The third-order valence-electron chi connectivity index (χ3n) is 2.41. The van der Waals surface area contributed by atoms with Crippen LogP contribution in [0.15, 0.2) is 29.8 Å². The number of nitrogens with zero attached hydrogens (tertiary/aromatic N) is 3. The molecule has 0 aromatic carbocycles. The van der Waals surface area contributed by atoms with E-state index in [1.807, 2.05) is 11.4 Å². The van der Waals surface area contributed by atoms with Gasteiger partial charge in [0.05, 0.1) is 16.9 Å². The Kier molecular flexibility index (Phi) is 2.49. The molecule has 6 heteroatoms. The van der Waals surface area contributed by atoms with Crippen molar-refractivity contribution in [1.82, 2.24) is 14.6 Å². The van der Waals surface area contributed by atoms with Gasteiger partial charge in [-0.1, -0.05) is 17.7 Å². The summed E-state index contributed by atoms with van der Waals surface area (Å²) in [4.78, 5) is 5.64. The fourth-order valence-electron chi connectivity index (χ4n) is 1.61. The Bertz CT molecular complexity index is 620. The molecule has 86 valence electrons. The standard InChI is InChI=1S/C11H9ClN4S/c12-8-5-11-14-10(4-7-2-1-3-17-7)15-16(11)6-9(8)13/h1-3,5-6H,4,13H2. The number of rotatable bonds is 2. The fourth-order valence-corrected chi connectivity index (χ4v) is 2.46. The highest BCUT2D eigenvalue weighted by molar-refractivity contribution is 7.09. The van der Waals surface area contributed by atoms with Crippen molar-refractivity contribution in [3.05, 3.63) is 45.5 Å². The summed E-state index contributed by atoms with van der Waals surface area (Å²) in [5.41, 5.74) is 6.94. The first-order valence-corrected chi connectivity index (χ1v) is 6.31. The molecule has 0 aliphatic carbocycles. The first kappa shape index (κ1) is 10.6. The highest BCUT2D eigenvalue weighted by atomic mass is 35.5. The van der Waals surface area contributed by atoms with E-state index in [1.54, 1.807) is 28.1 Å². The van der Waals surface area contributed by atoms with Gasteiger partial charge in [-0.05, 0) is 11.4 Å². The number of halogens is 1. The molecule has 0 aliphatic heterocycles. The lowest BCUT2D eigenvalue weighted by Gasteiger charge is -1.96. The quantitative estimate of drug-likeness (QED) is 0.774. The number of hydrogen-bond donors (Lipinski definition) is 1. The molecule has 2 N–H and O–H groups in total. The lowest BCUT2D eigenvalue weighted by Crippen LogP contribution is -1.93. The van der Waals surface area contributed by atoms with Crippen molar-refractivity contribution in [3.8, 4) is 0 Å². The largest absolute Gasteiger partial charge is 0.396 e. The van der Waals surface area contributed by atoms with Crippen LogP contribution in [0.25, 0.3) is 5.65 Å². The zero-order chi connectivity index (χ0) is 11.8. The lowest BCUT2D eigenvalue weighted by atomic mass is 10.3. The summed E-state index contributed by atoms with van der Waals surface area (Å²) in [5.74, 6) is 0.772. The first-order chi connectivity index (χ1) is 8.22. The minimum absolute atomic E-state index is 0.506. The number of nitrogens with two attached hydrogens (primary N) is 1. The zero-order valence-electron chi connectivity index (χ0n) is 8.80. The summed E-state index contributed by atoms with van der Waals surface area (Å²) in [6, 6.07) is 5.81. The van der Waals surface area contributed by atoms with E-state index in [-0.39, 0.29) is 0 Å². The summed E-state index contributed by atoms with van der Waals surface area (Å²) < 4.78 is 1.66. The average molecular weight is 265 g/mol. The number of anilines is 1. The smallest absolute Gasteiger partial charge is 0.157 e. The lowest BCUT2D eigenvalue weighted by molar-refractivity contribution is 0.906. The Labute approximate surface area is 107 Å². The van der Waals surface area contributed by atoms with E-state index in [2.05, 4.69) is 16.1 Å². The Balaban J connectivity index is 2.02. The van der Waals surface area contributed by atoms with Crippen LogP contribution in [-0.2, 0) is 6.42 Å². The normalized spacial score (nSPS) is 11.1. The van der Waals surface area contributed by atoms with Crippen molar-refractivity contribution < 1.29 is 0 Å². The van der Waals surface area contributed by atoms with Crippen LogP contribution in [0.2, 0.25) is 5.02 Å². The Hall–Kier alpha value is -1.59. The molecule has 0 amide bonds. The highest BCUT2D eigenvalue weighted by Gasteiger charge is 2.07. The van der Waals surface area contributed by atoms with Crippen LogP contribution in [-0.4, -0.2) is 14.6 Å². The summed E-state index contributed by atoms with van der Waals surface area (Å²) in [5, 5.41) is 6.91. The molecule has 0 saturated carbocycles. The maximum atomic E-state index is 5.94. The first-order valence-electron chi connectivity index (χ1n) is 5.05. The Morgan fingerprint density at radius 2 is 2.35 bits per heavy atom. The van der Waals surface area contributed by atoms with Crippen molar-refractivity contribution in [2.24, 2.45) is 0 Å². The summed E-state index contributed by atoms with van der Waals surface area (Å²) in [7, 11) is 0. The number of fused-ring (bicyclic) bond motifs is 1. The molecule has 3 aromatic rings. The minimum Gasteiger partial charge on any atom is -0.396 e. The topological polar surface area (TPSA) is 56.2 Å². The van der Waals surface area contributed by atoms with Crippen LogP contribution >= 0.6 is 22.9 Å². The molecule has 0 aliphatic rings. The van der Waals surface area contributed by atoms with Crippen LogP contribution in [0.4, 0.5) is 5.69 Å². The number of nitrogen functional groups attached to an aromatic ring is 1. The van der Waals surface area contributed by atoms with E-state index in [9.17, 15) is 0 Å². The van der Waals surface area contributed by atoms with Gasteiger partial charge in [-0.15, -0.1) is 11.3 Å². The van der Waals surface area contributed by atoms with Gasteiger partial charge in [0.2, 0.25) is 0 Å². The van der Waals surface area contributed by atoms with Crippen molar-refractivity contribution in [1.29, 1.82) is 0 Å².